The Hall–Kier alpha value is -1.12. The molecule has 1 fully saturated rings. The second-order valence-corrected chi connectivity index (χ2v) is 7.65. The molecule has 0 bridgehead atoms. The summed E-state index contributed by atoms with van der Waals surface area (Å²) in [5, 5.41) is 14.0. The van der Waals surface area contributed by atoms with Crippen molar-refractivity contribution in [2.45, 2.75) is 19.5 Å². The second-order valence-electron chi connectivity index (χ2n) is 5.35. The van der Waals surface area contributed by atoms with Crippen LogP contribution < -0.4 is 5.32 Å². The van der Waals surface area contributed by atoms with Crippen LogP contribution in [0.25, 0.3) is 0 Å². The molecule has 2 atom stereocenters. The summed E-state index contributed by atoms with van der Waals surface area (Å²) in [5.74, 6) is -0.963. The maximum Gasteiger partial charge on any atom is 0.317 e. The Labute approximate surface area is 135 Å². The number of ether oxygens (including phenoxy) is 1. The van der Waals surface area contributed by atoms with E-state index in [0.29, 0.717) is 6.54 Å². The van der Waals surface area contributed by atoms with Crippen LogP contribution in [0.15, 0.2) is 15.2 Å². The molecule has 0 saturated carbocycles. The van der Waals surface area contributed by atoms with Crippen molar-refractivity contribution >= 4 is 39.3 Å². The van der Waals surface area contributed by atoms with Gasteiger partial charge in [0.2, 0.25) is 0 Å². The summed E-state index contributed by atoms with van der Waals surface area (Å²) in [4.78, 5) is 25.0. The van der Waals surface area contributed by atoms with Gasteiger partial charge in [-0.2, -0.15) is 0 Å². The molecule has 2 N–H and O–H groups in total. The summed E-state index contributed by atoms with van der Waals surface area (Å²) < 4.78 is 6.23. The van der Waals surface area contributed by atoms with E-state index in [1.165, 1.54) is 4.90 Å². The smallest absolute Gasteiger partial charge is 0.317 e. The molecule has 2 heterocycles. The molecule has 116 valence electrons. The van der Waals surface area contributed by atoms with Gasteiger partial charge in [-0.05, 0) is 39.9 Å². The summed E-state index contributed by atoms with van der Waals surface area (Å²) in [5.41, 5.74) is -0.0600. The molecule has 1 aliphatic heterocycles. The fourth-order valence-electron chi connectivity index (χ4n) is 2.12. The van der Waals surface area contributed by atoms with Gasteiger partial charge >= 0.3 is 12.0 Å². The van der Waals surface area contributed by atoms with E-state index in [0.717, 1.165) is 9.35 Å². The van der Waals surface area contributed by atoms with E-state index in [2.05, 4.69) is 21.2 Å². The minimum atomic E-state index is -1.08. The monoisotopic (exact) mass is 376 g/mol. The quantitative estimate of drug-likeness (QED) is 0.843. The Bertz CT molecular complexity index is 550. The molecular weight excluding hydrogens is 360 g/mol. The number of carbonyl (C=O) groups is 2. The van der Waals surface area contributed by atoms with Crippen molar-refractivity contribution in [3.05, 3.63) is 20.8 Å². The minimum absolute atomic E-state index is 0.106. The Morgan fingerprint density at radius 2 is 2.38 bits per heavy atom. The van der Waals surface area contributed by atoms with Crippen LogP contribution in [0, 0.1) is 5.41 Å². The van der Waals surface area contributed by atoms with Gasteiger partial charge < -0.3 is 20.1 Å². The van der Waals surface area contributed by atoms with E-state index in [9.17, 15) is 14.7 Å². The van der Waals surface area contributed by atoms with E-state index < -0.39 is 17.4 Å². The third-order valence-corrected chi connectivity index (χ3v) is 5.18. The first kappa shape index (κ1) is 16.3. The van der Waals surface area contributed by atoms with Crippen molar-refractivity contribution in [1.29, 1.82) is 0 Å². The van der Waals surface area contributed by atoms with Crippen molar-refractivity contribution < 1.29 is 19.4 Å². The van der Waals surface area contributed by atoms with Crippen LogP contribution in [0.5, 0.6) is 0 Å². The predicted octanol–water partition coefficient (Wildman–Crippen LogP) is 2.14. The summed E-state index contributed by atoms with van der Waals surface area (Å²) >= 11 is 4.93. The summed E-state index contributed by atoms with van der Waals surface area (Å²) in [6, 6.07) is 1.12. The Morgan fingerprint density at radius 3 is 2.95 bits per heavy atom. The topological polar surface area (TPSA) is 78.9 Å². The Kier molecular flexibility index (Phi) is 4.90. The van der Waals surface area contributed by atoms with Crippen LogP contribution in [-0.2, 0) is 16.1 Å². The lowest BCUT2D eigenvalue weighted by atomic mass is 9.85. The average molecular weight is 377 g/mol. The number of thiophene rings is 1. The van der Waals surface area contributed by atoms with Crippen LogP contribution in [0.1, 0.15) is 12.5 Å². The molecule has 1 saturated heterocycles. The minimum Gasteiger partial charge on any atom is -0.481 e. The van der Waals surface area contributed by atoms with Gasteiger partial charge in [0.05, 0.1) is 23.0 Å². The standard InChI is InChI=1S/C13H17BrN2O4S/c1-13(11(17)18)7-20-5-9(13)15-12(19)16(2)4-8-3-10(14)21-6-8/h3,6,9H,4-5,7H2,1-2H3,(H,15,19)(H,17,18). The molecule has 1 aromatic heterocycles. The van der Waals surface area contributed by atoms with Gasteiger partial charge in [-0.3, -0.25) is 4.79 Å². The summed E-state index contributed by atoms with van der Waals surface area (Å²) in [6.45, 7) is 2.37. The highest BCUT2D eigenvalue weighted by Crippen LogP contribution is 2.29. The number of aliphatic carboxylic acids is 1. The molecule has 2 rings (SSSR count). The van der Waals surface area contributed by atoms with Gasteiger partial charge in [0.25, 0.3) is 0 Å². The van der Waals surface area contributed by atoms with Gasteiger partial charge in [-0.15, -0.1) is 11.3 Å². The molecule has 21 heavy (non-hydrogen) atoms. The van der Waals surface area contributed by atoms with Crippen molar-refractivity contribution in [2.75, 3.05) is 20.3 Å². The fraction of sp³-hybridized carbons (Fsp3) is 0.538. The fourth-order valence-corrected chi connectivity index (χ4v) is 3.32. The van der Waals surface area contributed by atoms with Gasteiger partial charge in [-0.25, -0.2) is 4.79 Å². The number of halogens is 1. The number of hydrogen-bond acceptors (Lipinski definition) is 4. The van der Waals surface area contributed by atoms with E-state index in [4.69, 9.17) is 4.74 Å². The van der Waals surface area contributed by atoms with E-state index in [1.54, 1.807) is 25.3 Å². The number of carbonyl (C=O) groups excluding carboxylic acids is 1. The molecule has 2 unspecified atom stereocenters. The van der Waals surface area contributed by atoms with Crippen LogP contribution in [0.4, 0.5) is 4.79 Å². The average Bonchev–Trinajstić information content (AvgIpc) is 2.97. The predicted molar refractivity (Wildman–Crippen MR) is 82.4 cm³/mol. The Balaban J connectivity index is 1.96. The molecule has 0 aliphatic carbocycles. The summed E-state index contributed by atoms with van der Waals surface area (Å²) in [6.07, 6.45) is 0. The number of carboxylic acids is 1. The third-order valence-electron chi connectivity index (χ3n) is 3.63. The van der Waals surface area contributed by atoms with E-state index >= 15 is 0 Å². The number of nitrogens with zero attached hydrogens (tertiary/aromatic N) is 1. The van der Waals surface area contributed by atoms with Crippen LogP contribution in [0.3, 0.4) is 0 Å². The van der Waals surface area contributed by atoms with Crippen LogP contribution in [-0.4, -0.2) is 48.3 Å². The molecule has 1 aromatic rings. The van der Waals surface area contributed by atoms with Crippen molar-refractivity contribution in [2.24, 2.45) is 5.41 Å². The number of carboxylic acid groups (broad SMARTS) is 1. The highest BCUT2D eigenvalue weighted by molar-refractivity contribution is 9.11. The number of hydrogen-bond donors (Lipinski definition) is 2. The number of nitrogens with one attached hydrogen (secondary N) is 1. The van der Waals surface area contributed by atoms with Crippen molar-refractivity contribution in [3.63, 3.8) is 0 Å². The normalized spacial score (nSPS) is 24.8. The maximum atomic E-state index is 12.2. The summed E-state index contributed by atoms with van der Waals surface area (Å²) in [7, 11) is 1.68. The third kappa shape index (κ3) is 3.56. The molecule has 2 amide bonds. The first-order chi connectivity index (χ1) is 9.83. The Morgan fingerprint density at radius 1 is 1.67 bits per heavy atom. The SMILES string of the molecule is CN(Cc1csc(Br)c1)C(=O)NC1COCC1(C)C(=O)O. The lowest BCUT2D eigenvalue weighted by Gasteiger charge is -2.27. The second kappa shape index (κ2) is 6.33. The van der Waals surface area contributed by atoms with Crippen molar-refractivity contribution in [1.82, 2.24) is 10.2 Å². The van der Waals surface area contributed by atoms with Gasteiger partial charge in [0.1, 0.15) is 5.41 Å². The lowest BCUT2D eigenvalue weighted by molar-refractivity contribution is -0.148. The van der Waals surface area contributed by atoms with Crippen molar-refractivity contribution in [3.8, 4) is 0 Å². The van der Waals surface area contributed by atoms with Gasteiger partial charge in [0, 0.05) is 13.6 Å². The van der Waals surface area contributed by atoms with Gasteiger partial charge in [-0.1, -0.05) is 0 Å². The lowest BCUT2D eigenvalue weighted by Crippen LogP contribution is -2.52. The number of urea groups is 1. The molecule has 1 aliphatic rings. The molecule has 0 aromatic carbocycles. The van der Waals surface area contributed by atoms with E-state index in [-0.39, 0.29) is 19.2 Å². The number of amides is 2. The zero-order valence-corrected chi connectivity index (χ0v) is 14.2. The molecule has 0 radical (unpaired) electrons. The highest BCUT2D eigenvalue weighted by Gasteiger charge is 2.47. The molecule has 8 heteroatoms. The zero-order valence-electron chi connectivity index (χ0n) is 11.8. The first-order valence-electron chi connectivity index (χ1n) is 6.38. The maximum absolute atomic E-state index is 12.2. The molecular formula is C13H17BrN2O4S. The highest BCUT2D eigenvalue weighted by atomic mass is 79.9. The van der Waals surface area contributed by atoms with Crippen LogP contribution in [0.2, 0.25) is 0 Å². The van der Waals surface area contributed by atoms with Crippen LogP contribution >= 0.6 is 27.3 Å². The number of rotatable bonds is 4. The zero-order chi connectivity index (χ0) is 15.6. The molecule has 0 spiro atoms. The first-order valence-corrected chi connectivity index (χ1v) is 8.06. The molecule has 6 nitrogen and oxygen atoms in total. The van der Waals surface area contributed by atoms with Gasteiger partial charge in [0.15, 0.2) is 0 Å². The van der Waals surface area contributed by atoms with E-state index in [1.807, 2.05) is 11.4 Å². The largest absolute Gasteiger partial charge is 0.481 e.